The summed E-state index contributed by atoms with van der Waals surface area (Å²) in [6, 6.07) is 10.9. The molecule has 5 amide bonds. The first-order chi connectivity index (χ1) is 35.7. The Hall–Kier alpha value is -5.46. The summed E-state index contributed by atoms with van der Waals surface area (Å²) in [5.74, 6) is -0.942. The molecule has 4 aromatic rings. The smallest absolute Gasteiger partial charge is 0.246 e. The predicted molar refractivity (Wildman–Crippen MR) is 290 cm³/mol. The number of hydrogen-bond acceptors (Lipinski definition) is 17. The molecule has 20 nitrogen and oxygen atoms in total. The Bertz CT molecular complexity index is 2570. The first kappa shape index (κ1) is 58.8. The Kier molecular flexibility index (Phi) is 21.6. The number of ether oxygens (including phenoxy) is 3. The molecular formula is C52H72ClN11O9S2. The van der Waals surface area contributed by atoms with Crippen LogP contribution in [0.1, 0.15) is 90.4 Å². The topological polar surface area (TPSA) is 279 Å². The van der Waals surface area contributed by atoms with Gasteiger partial charge in [-0.2, -0.15) is 0 Å². The Morgan fingerprint density at radius 1 is 0.920 bits per heavy atom. The number of aliphatic hydroxyl groups excluding tert-OH is 1. The number of piperidine rings is 1. The molecule has 2 aliphatic heterocycles. The first-order valence-corrected chi connectivity index (χ1v) is 27.3. The average molecular weight is 1090 g/mol. The lowest BCUT2D eigenvalue weighted by Crippen LogP contribution is -2.58. The summed E-state index contributed by atoms with van der Waals surface area (Å²) < 4.78 is 16.7. The normalized spacial score (nSPS) is 17.3. The van der Waals surface area contributed by atoms with Crippen LogP contribution >= 0.6 is 34.7 Å². The minimum Gasteiger partial charge on any atom is -0.391 e. The zero-order valence-corrected chi connectivity index (χ0v) is 46.0. The molecule has 2 aromatic carbocycles. The van der Waals surface area contributed by atoms with E-state index in [9.17, 15) is 29.1 Å². The van der Waals surface area contributed by atoms with Gasteiger partial charge in [0.15, 0.2) is 5.82 Å². The lowest BCUT2D eigenvalue weighted by molar-refractivity contribution is -0.144. The number of aryl methyl sites for hydroxylation is 1. The summed E-state index contributed by atoms with van der Waals surface area (Å²) in [4.78, 5) is 84.5. The van der Waals surface area contributed by atoms with Crippen molar-refractivity contribution in [1.29, 1.82) is 0 Å². The van der Waals surface area contributed by atoms with E-state index in [1.807, 2.05) is 71.3 Å². The highest BCUT2D eigenvalue weighted by atomic mass is 35.5. The highest BCUT2D eigenvalue weighted by molar-refractivity contribution is 7.99. The van der Waals surface area contributed by atoms with E-state index in [4.69, 9.17) is 37.3 Å². The van der Waals surface area contributed by atoms with Crippen molar-refractivity contribution in [3.8, 4) is 10.4 Å². The molecule has 0 spiro atoms. The monoisotopic (exact) mass is 1090 g/mol. The Morgan fingerprint density at radius 2 is 1.59 bits per heavy atom. The van der Waals surface area contributed by atoms with Gasteiger partial charge < -0.3 is 61.9 Å². The van der Waals surface area contributed by atoms with Gasteiger partial charge >= 0.3 is 0 Å². The minimum absolute atomic E-state index is 0.00917. The van der Waals surface area contributed by atoms with E-state index in [1.54, 1.807) is 35.7 Å². The number of anilines is 3. The number of rotatable bonds is 25. The minimum atomic E-state index is -0.961. The van der Waals surface area contributed by atoms with Crippen LogP contribution in [0.3, 0.4) is 0 Å². The van der Waals surface area contributed by atoms with Crippen LogP contribution in [0.4, 0.5) is 17.3 Å². The molecule has 2 fully saturated rings. The number of likely N-dealkylation sites (tertiary alicyclic amines) is 1. The number of carbonyl (C=O) groups is 5. The summed E-state index contributed by atoms with van der Waals surface area (Å²) in [6.07, 6.45) is 2.46. The van der Waals surface area contributed by atoms with Gasteiger partial charge in [-0.3, -0.25) is 24.0 Å². The zero-order valence-electron chi connectivity index (χ0n) is 43.6. The number of nitrogen functional groups attached to an aromatic ring is 1. The van der Waals surface area contributed by atoms with Gasteiger partial charge in [-0.1, -0.05) is 74.5 Å². The zero-order chi connectivity index (χ0) is 54.3. The number of nitrogens with zero attached hydrogens (tertiary/aromatic N) is 5. The number of halogens is 1. The maximum Gasteiger partial charge on any atom is 0.246 e. The maximum atomic E-state index is 14.0. The van der Waals surface area contributed by atoms with Gasteiger partial charge in [0.25, 0.3) is 0 Å². The van der Waals surface area contributed by atoms with Crippen molar-refractivity contribution in [2.45, 2.75) is 120 Å². The third kappa shape index (κ3) is 17.5. The number of nitrogens with two attached hydrogens (primary N) is 2. The largest absolute Gasteiger partial charge is 0.391 e. The quantitative estimate of drug-likeness (QED) is 0.0417. The van der Waals surface area contributed by atoms with E-state index in [2.05, 4.69) is 41.1 Å². The molecule has 0 radical (unpaired) electrons. The van der Waals surface area contributed by atoms with Crippen LogP contribution in [0.5, 0.6) is 0 Å². The molecule has 4 atom stereocenters. The molecule has 408 valence electrons. The van der Waals surface area contributed by atoms with Gasteiger partial charge in [-0.25, -0.2) is 15.0 Å². The molecule has 0 saturated carbocycles. The van der Waals surface area contributed by atoms with Crippen molar-refractivity contribution in [2.24, 2.45) is 11.1 Å². The molecule has 6 rings (SSSR count). The lowest BCUT2D eigenvalue weighted by Gasteiger charge is -2.37. The fourth-order valence-electron chi connectivity index (χ4n) is 8.40. The highest BCUT2D eigenvalue weighted by Crippen LogP contribution is 2.39. The summed E-state index contributed by atoms with van der Waals surface area (Å²) in [7, 11) is 0. The van der Waals surface area contributed by atoms with Crippen LogP contribution in [0.2, 0.25) is 5.02 Å². The van der Waals surface area contributed by atoms with Crippen LogP contribution in [-0.2, 0) is 38.2 Å². The molecule has 4 heterocycles. The number of amides is 5. The van der Waals surface area contributed by atoms with Crippen molar-refractivity contribution in [3.63, 3.8) is 0 Å². The van der Waals surface area contributed by atoms with Gasteiger partial charge in [0, 0.05) is 62.3 Å². The molecule has 0 bridgehead atoms. The first-order valence-electron chi connectivity index (χ1n) is 25.2. The second-order valence-corrected chi connectivity index (χ2v) is 22.4. The average Bonchev–Trinajstić information content (AvgIpc) is 3.99. The van der Waals surface area contributed by atoms with Gasteiger partial charge in [0.2, 0.25) is 29.5 Å². The number of aliphatic hydroxyl groups is 1. The van der Waals surface area contributed by atoms with E-state index < -0.39 is 35.4 Å². The number of aromatic nitrogens is 3. The molecule has 75 heavy (non-hydrogen) atoms. The molecular weight excluding hydrogens is 1020 g/mol. The van der Waals surface area contributed by atoms with E-state index in [0.717, 1.165) is 47.6 Å². The van der Waals surface area contributed by atoms with Crippen molar-refractivity contribution in [2.75, 3.05) is 81.8 Å². The van der Waals surface area contributed by atoms with E-state index in [0.29, 0.717) is 26.4 Å². The Morgan fingerprint density at radius 3 is 2.24 bits per heavy atom. The standard InChI is InChI=1S/C52H72ClN11O9S2/c1-32(34-10-12-35(13-11-34)45-33(2)58-31-74-45)59-48(69)38-28-36(65)30-64(38)50(70)46(51(3,4)5)62-43(68)16-22-71-24-26-73-27-25-72-23-19-56-41(66)14-15-42(67)60-37-8-7-9-39(44(37)53)75-49-47(54)61-40(29-57-49)63-20-17-52(6,55)18-21-63/h7-13,29,31-32,36,38,46,65H,14-28,30,55H2,1-6H3,(H2,54,61)(H,56,66)(H,59,69)(H,60,67)(H,62,68)/t32-,36+,38-,46+/m1/s1. The number of thiazole rings is 1. The summed E-state index contributed by atoms with van der Waals surface area (Å²) in [6.45, 7) is 14.5. The third-order valence-corrected chi connectivity index (χ3v) is 15.4. The van der Waals surface area contributed by atoms with Crippen LogP contribution in [0.25, 0.3) is 10.4 Å². The van der Waals surface area contributed by atoms with Gasteiger partial charge in [-0.05, 0) is 62.3 Å². The molecule has 2 aromatic heterocycles. The summed E-state index contributed by atoms with van der Waals surface area (Å²) in [5.41, 5.74) is 16.7. The van der Waals surface area contributed by atoms with Crippen LogP contribution in [-0.4, -0.2) is 144 Å². The van der Waals surface area contributed by atoms with E-state index in [-0.39, 0.29) is 114 Å². The fraction of sp³-hybridized carbons (Fsp3) is 0.538. The molecule has 2 saturated heterocycles. The van der Waals surface area contributed by atoms with Crippen LogP contribution < -0.4 is 37.6 Å². The van der Waals surface area contributed by atoms with Crippen molar-refractivity contribution in [3.05, 3.63) is 70.5 Å². The van der Waals surface area contributed by atoms with Crippen molar-refractivity contribution in [1.82, 2.24) is 35.8 Å². The number of hydrogen-bond donors (Lipinski definition) is 7. The Balaban J connectivity index is 0.801. The van der Waals surface area contributed by atoms with Gasteiger partial charge in [0.1, 0.15) is 22.9 Å². The second-order valence-electron chi connectivity index (χ2n) is 20.1. The molecule has 2 aliphatic rings. The third-order valence-electron chi connectivity index (χ3n) is 12.9. The molecule has 23 heteroatoms. The van der Waals surface area contributed by atoms with Gasteiger partial charge in [0.05, 0.1) is 84.8 Å². The maximum absolute atomic E-state index is 14.0. The molecule has 9 N–H and O–H groups in total. The Labute approximate surface area is 452 Å². The van der Waals surface area contributed by atoms with Gasteiger partial charge in [-0.15, -0.1) is 11.3 Å². The molecule has 0 aliphatic carbocycles. The lowest BCUT2D eigenvalue weighted by atomic mass is 9.85. The van der Waals surface area contributed by atoms with E-state index >= 15 is 0 Å². The van der Waals surface area contributed by atoms with E-state index in [1.165, 1.54) is 16.7 Å². The molecule has 0 unspecified atom stereocenters. The number of benzene rings is 2. The highest BCUT2D eigenvalue weighted by Gasteiger charge is 2.44. The number of carbonyl (C=O) groups excluding carboxylic acids is 5. The number of β-amino-alcohol motifs (C(OH)–C–C–N with tert-alkyl or cyclic N) is 1. The van der Waals surface area contributed by atoms with Crippen molar-refractivity contribution < 1.29 is 43.3 Å². The van der Waals surface area contributed by atoms with Crippen LogP contribution in [0.15, 0.2) is 64.1 Å². The fourth-order valence-corrected chi connectivity index (χ4v) is 10.3. The SMILES string of the molecule is Cc1ncsc1-c1ccc([C@@H](C)NC(=O)[C@H]2C[C@H](O)CN2C(=O)[C@H](NC(=O)CCOCCOCCOCCNC(=O)CCC(=O)Nc2cccc(Sc3ncc(N4CCC(C)(N)CC4)nc3N)c2Cl)C(C)(C)C)cc1. The van der Waals surface area contributed by atoms with Crippen LogP contribution in [0, 0.1) is 12.3 Å². The predicted octanol–water partition coefficient (Wildman–Crippen LogP) is 5.26. The summed E-state index contributed by atoms with van der Waals surface area (Å²) in [5, 5.41) is 22.8. The number of nitrogens with one attached hydrogen (secondary N) is 4. The van der Waals surface area contributed by atoms with Crippen molar-refractivity contribution >= 4 is 81.6 Å². The summed E-state index contributed by atoms with van der Waals surface area (Å²) >= 11 is 9.47. The second kappa shape index (κ2) is 27.5.